The second-order valence-electron chi connectivity index (χ2n) is 8.37. The molecule has 176 valence electrons. The first-order valence-corrected chi connectivity index (χ1v) is 12.4. The number of anilines is 1. The van der Waals surface area contributed by atoms with Crippen molar-refractivity contribution >= 4 is 21.5 Å². The van der Waals surface area contributed by atoms with E-state index in [2.05, 4.69) is 6.07 Å². The van der Waals surface area contributed by atoms with Crippen LogP contribution in [0.25, 0.3) is 5.76 Å². The quantitative estimate of drug-likeness (QED) is 0.582. The van der Waals surface area contributed by atoms with E-state index in [1.54, 1.807) is 42.5 Å². The Bertz CT molecular complexity index is 1530. The molecule has 8 heteroatoms. The number of rotatable bonds is 4. The maximum absolute atomic E-state index is 14.3. The Balaban J connectivity index is 1.77. The predicted octanol–water partition coefficient (Wildman–Crippen LogP) is 4.53. The van der Waals surface area contributed by atoms with E-state index >= 15 is 0 Å². The van der Waals surface area contributed by atoms with Crippen molar-refractivity contribution in [3.8, 4) is 11.8 Å². The fraction of sp³-hybridized carbons (Fsp3) is 0.148. The number of nitrogens with two attached hydrogens (primary N) is 1. The Morgan fingerprint density at radius 1 is 1.06 bits per heavy atom. The lowest BCUT2D eigenvalue weighted by molar-refractivity contribution is 0.355. The Labute approximate surface area is 204 Å². The Morgan fingerprint density at radius 2 is 1.74 bits per heavy atom. The smallest absolute Gasteiger partial charge is 0.265 e. The minimum Gasteiger partial charge on any atom is -0.496 e. The number of nitriles is 1. The van der Waals surface area contributed by atoms with Crippen molar-refractivity contribution in [3.63, 3.8) is 0 Å². The van der Waals surface area contributed by atoms with Crippen LogP contribution in [0.5, 0.6) is 5.75 Å². The maximum atomic E-state index is 14.3. The highest BCUT2D eigenvalue weighted by Gasteiger charge is 2.47. The number of para-hydroxylation sites is 2. The van der Waals surface area contributed by atoms with E-state index < -0.39 is 15.9 Å². The van der Waals surface area contributed by atoms with Gasteiger partial charge in [-0.2, -0.15) is 5.26 Å². The third-order valence-electron chi connectivity index (χ3n) is 6.25. The van der Waals surface area contributed by atoms with Gasteiger partial charge >= 0.3 is 0 Å². The molecule has 3 aromatic carbocycles. The zero-order valence-electron chi connectivity index (χ0n) is 19.2. The number of sulfonamides is 1. The fourth-order valence-electron chi connectivity index (χ4n) is 4.56. The standard InChI is InChI=1S/C27H23N3O4S/c1-17-11-13-18(14-12-17)16-30-22-9-5-3-7-19(22)25-26(35(30,31)32)24(21(15-28)27(29)34-25)20-8-4-6-10-23(20)33-2/h3-14,24H,16,29H2,1-2H3/t24-/m0/s1. The van der Waals surface area contributed by atoms with Crippen LogP contribution in [0, 0.1) is 18.3 Å². The van der Waals surface area contributed by atoms with Gasteiger partial charge in [-0.25, -0.2) is 8.42 Å². The zero-order chi connectivity index (χ0) is 24.7. The lowest BCUT2D eigenvalue weighted by atomic mass is 9.87. The molecule has 0 radical (unpaired) electrons. The van der Waals surface area contributed by atoms with Gasteiger partial charge in [-0.3, -0.25) is 4.31 Å². The van der Waals surface area contributed by atoms with E-state index in [1.165, 1.54) is 11.4 Å². The molecule has 0 spiro atoms. The molecule has 5 rings (SSSR count). The van der Waals surface area contributed by atoms with Gasteiger partial charge in [0.25, 0.3) is 10.0 Å². The van der Waals surface area contributed by atoms with Crippen molar-refractivity contribution in [3.05, 3.63) is 111 Å². The highest BCUT2D eigenvalue weighted by atomic mass is 32.2. The van der Waals surface area contributed by atoms with Crippen LogP contribution in [0.4, 0.5) is 5.69 Å². The molecular formula is C27H23N3O4S. The highest BCUT2D eigenvalue weighted by molar-refractivity contribution is 7.96. The summed E-state index contributed by atoms with van der Waals surface area (Å²) in [6.07, 6.45) is 0. The Morgan fingerprint density at radius 3 is 2.46 bits per heavy atom. The third-order valence-corrected chi connectivity index (χ3v) is 8.14. The number of allylic oxidation sites excluding steroid dienone is 2. The lowest BCUT2D eigenvalue weighted by Gasteiger charge is -2.38. The Hall–Kier alpha value is -4.22. The lowest BCUT2D eigenvalue weighted by Crippen LogP contribution is -2.39. The van der Waals surface area contributed by atoms with Crippen molar-refractivity contribution in [1.29, 1.82) is 5.26 Å². The van der Waals surface area contributed by atoms with Gasteiger partial charge in [-0.15, -0.1) is 0 Å². The number of hydrogen-bond acceptors (Lipinski definition) is 6. The van der Waals surface area contributed by atoms with Gasteiger partial charge in [0.15, 0.2) is 5.76 Å². The van der Waals surface area contributed by atoms with Crippen molar-refractivity contribution < 1.29 is 17.9 Å². The second-order valence-corrected chi connectivity index (χ2v) is 10.2. The van der Waals surface area contributed by atoms with E-state index in [0.717, 1.165) is 11.1 Å². The van der Waals surface area contributed by atoms with Crippen molar-refractivity contribution in [1.82, 2.24) is 0 Å². The molecule has 2 aliphatic heterocycles. The van der Waals surface area contributed by atoms with Crippen LogP contribution in [0.15, 0.2) is 89.2 Å². The summed E-state index contributed by atoms with van der Waals surface area (Å²) >= 11 is 0. The van der Waals surface area contributed by atoms with Gasteiger partial charge in [0, 0.05) is 11.1 Å². The number of hydrogen-bond donors (Lipinski definition) is 1. The van der Waals surface area contributed by atoms with Crippen LogP contribution in [-0.2, 0) is 21.3 Å². The summed E-state index contributed by atoms with van der Waals surface area (Å²) in [4.78, 5) is -0.0291. The minimum absolute atomic E-state index is 0.0199. The van der Waals surface area contributed by atoms with Crippen LogP contribution in [0.1, 0.15) is 28.2 Å². The number of benzene rings is 3. The summed E-state index contributed by atoms with van der Waals surface area (Å²) in [7, 11) is -2.64. The number of aryl methyl sites for hydroxylation is 1. The number of nitrogens with zero attached hydrogens (tertiary/aromatic N) is 2. The molecule has 0 saturated heterocycles. The van der Waals surface area contributed by atoms with Crippen LogP contribution >= 0.6 is 0 Å². The summed E-state index contributed by atoms with van der Waals surface area (Å²) < 4.78 is 41.4. The SMILES string of the molecule is COc1ccccc1[C@H]1C(C#N)=C(N)OC2=C1S(=O)(=O)N(Cc1ccc(C)cc1)c1ccccc12. The van der Waals surface area contributed by atoms with Crippen LogP contribution in [-0.4, -0.2) is 15.5 Å². The molecule has 0 unspecified atom stereocenters. The van der Waals surface area contributed by atoms with Crippen LogP contribution < -0.4 is 14.8 Å². The molecule has 0 saturated carbocycles. The molecule has 0 aliphatic carbocycles. The molecular weight excluding hydrogens is 462 g/mol. The summed E-state index contributed by atoms with van der Waals surface area (Å²) in [5, 5.41) is 10.00. The second kappa shape index (κ2) is 8.53. The third kappa shape index (κ3) is 3.61. The van der Waals surface area contributed by atoms with Gasteiger partial charge in [-0.05, 0) is 30.7 Å². The van der Waals surface area contributed by atoms with E-state index in [-0.39, 0.29) is 28.7 Å². The van der Waals surface area contributed by atoms with E-state index in [4.69, 9.17) is 15.2 Å². The summed E-state index contributed by atoms with van der Waals surface area (Å²) in [6, 6.07) is 23.9. The average Bonchev–Trinajstić information content (AvgIpc) is 2.87. The van der Waals surface area contributed by atoms with Crippen molar-refractivity contribution in [2.45, 2.75) is 19.4 Å². The van der Waals surface area contributed by atoms with Gasteiger partial charge in [-0.1, -0.05) is 60.2 Å². The molecule has 3 aromatic rings. The molecule has 7 nitrogen and oxygen atoms in total. The topological polar surface area (TPSA) is 106 Å². The molecule has 1 atom stereocenters. The molecule has 2 heterocycles. The molecule has 35 heavy (non-hydrogen) atoms. The summed E-state index contributed by atoms with van der Waals surface area (Å²) in [5.74, 6) is -0.531. The number of fused-ring (bicyclic) bond motifs is 2. The molecule has 0 amide bonds. The van der Waals surface area contributed by atoms with E-state index in [0.29, 0.717) is 22.6 Å². The van der Waals surface area contributed by atoms with E-state index in [9.17, 15) is 13.7 Å². The average molecular weight is 486 g/mol. The molecule has 2 aliphatic rings. The normalized spacial score (nSPS) is 18.3. The van der Waals surface area contributed by atoms with Gasteiger partial charge in [0.2, 0.25) is 5.88 Å². The molecule has 2 N–H and O–H groups in total. The van der Waals surface area contributed by atoms with Crippen molar-refractivity contribution in [2.24, 2.45) is 5.73 Å². The maximum Gasteiger partial charge on any atom is 0.265 e. The number of methoxy groups -OCH3 is 1. The number of ether oxygens (including phenoxy) is 2. The Kier molecular flexibility index (Phi) is 5.50. The van der Waals surface area contributed by atoms with Crippen LogP contribution in [0.3, 0.4) is 0 Å². The summed E-state index contributed by atoms with van der Waals surface area (Å²) in [5.41, 5.74) is 9.71. The summed E-state index contributed by atoms with van der Waals surface area (Å²) in [6.45, 7) is 2.10. The molecule has 0 aromatic heterocycles. The molecule has 0 fully saturated rings. The highest BCUT2D eigenvalue weighted by Crippen LogP contribution is 2.52. The fourth-order valence-corrected chi connectivity index (χ4v) is 6.46. The monoisotopic (exact) mass is 485 g/mol. The first kappa shape index (κ1) is 22.6. The van der Waals surface area contributed by atoms with Gasteiger partial charge in [0.05, 0.1) is 25.3 Å². The van der Waals surface area contributed by atoms with Gasteiger partial charge in [0.1, 0.15) is 22.3 Å². The van der Waals surface area contributed by atoms with Crippen molar-refractivity contribution in [2.75, 3.05) is 11.4 Å². The molecule has 0 bridgehead atoms. The minimum atomic E-state index is -4.14. The van der Waals surface area contributed by atoms with Crippen LogP contribution in [0.2, 0.25) is 0 Å². The zero-order valence-corrected chi connectivity index (χ0v) is 20.0. The first-order valence-electron chi connectivity index (χ1n) is 11.0. The van der Waals surface area contributed by atoms with Gasteiger partial charge < -0.3 is 15.2 Å². The first-order chi connectivity index (χ1) is 16.9. The largest absolute Gasteiger partial charge is 0.496 e. The van der Waals surface area contributed by atoms with E-state index in [1.807, 2.05) is 37.3 Å². The predicted molar refractivity (Wildman–Crippen MR) is 133 cm³/mol.